The van der Waals surface area contributed by atoms with Crippen LogP contribution in [0.15, 0.2) is 42.6 Å². The van der Waals surface area contributed by atoms with Crippen LogP contribution in [0.3, 0.4) is 0 Å². The molecule has 0 spiro atoms. The molecule has 21 heavy (non-hydrogen) atoms. The van der Waals surface area contributed by atoms with E-state index in [1.165, 1.54) is 12.1 Å². The second-order valence-corrected chi connectivity index (χ2v) is 4.86. The van der Waals surface area contributed by atoms with Gasteiger partial charge in [-0.05, 0) is 43.3 Å². The van der Waals surface area contributed by atoms with E-state index in [4.69, 9.17) is 0 Å². The fourth-order valence-corrected chi connectivity index (χ4v) is 2.08. The highest BCUT2D eigenvalue weighted by Gasteiger charge is 2.07. The van der Waals surface area contributed by atoms with Gasteiger partial charge >= 0.3 is 0 Å². The molecule has 112 valence electrons. The van der Waals surface area contributed by atoms with Gasteiger partial charge in [-0.1, -0.05) is 13.0 Å². The molecule has 5 heteroatoms. The molecule has 1 amide bonds. The number of aromatic nitrogens is 1. The first-order chi connectivity index (χ1) is 10.2. The molecule has 4 nitrogen and oxygen atoms in total. The van der Waals surface area contributed by atoms with Gasteiger partial charge in [0.05, 0.1) is 0 Å². The number of carbonyl (C=O) groups is 1. The number of benzene rings is 1. The van der Waals surface area contributed by atoms with Gasteiger partial charge in [-0.15, -0.1) is 0 Å². The summed E-state index contributed by atoms with van der Waals surface area (Å²) in [6, 6.07) is 9.79. The molecule has 2 aromatic rings. The first kappa shape index (κ1) is 15.3. The summed E-state index contributed by atoms with van der Waals surface area (Å²) in [5.74, 6) is -0.535. The summed E-state index contributed by atoms with van der Waals surface area (Å²) in [7, 11) is 0. The van der Waals surface area contributed by atoms with Crippen LogP contribution in [0.4, 0.5) is 10.1 Å². The third kappa shape index (κ3) is 4.72. The normalized spacial score (nSPS) is 10.6. The second kappa shape index (κ2) is 7.59. The lowest BCUT2D eigenvalue weighted by molar-refractivity contribution is -0.116. The van der Waals surface area contributed by atoms with Crippen molar-refractivity contribution in [2.24, 2.45) is 0 Å². The molecule has 0 saturated carbocycles. The molecule has 0 fully saturated rings. The molecular weight excluding hydrogens is 269 g/mol. The SMILES string of the molecule is CCCNCc1cccn1CC(=O)Nc1cccc(F)c1. The summed E-state index contributed by atoms with van der Waals surface area (Å²) in [5, 5.41) is 6.00. The average molecular weight is 289 g/mol. The highest BCUT2D eigenvalue weighted by Crippen LogP contribution is 2.10. The Balaban J connectivity index is 1.92. The van der Waals surface area contributed by atoms with E-state index in [2.05, 4.69) is 17.6 Å². The van der Waals surface area contributed by atoms with Crippen LogP contribution in [0.1, 0.15) is 19.0 Å². The summed E-state index contributed by atoms with van der Waals surface area (Å²) >= 11 is 0. The molecular formula is C16H20FN3O. The largest absolute Gasteiger partial charge is 0.341 e. The van der Waals surface area contributed by atoms with Gasteiger partial charge in [-0.2, -0.15) is 0 Å². The Morgan fingerprint density at radius 2 is 2.14 bits per heavy atom. The summed E-state index contributed by atoms with van der Waals surface area (Å²) in [4.78, 5) is 12.0. The Labute approximate surface area is 124 Å². The van der Waals surface area contributed by atoms with E-state index in [-0.39, 0.29) is 18.3 Å². The number of nitrogens with zero attached hydrogens (tertiary/aromatic N) is 1. The van der Waals surface area contributed by atoms with Gasteiger partial charge in [0.15, 0.2) is 0 Å². The Morgan fingerprint density at radius 1 is 1.29 bits per heavy atom. The number of rotatable bonds is 7. The topological polar surface area (TPSA) is 46.1 Å². The number of hydrogen-bond donors (Lipinski definition) is 2. The maximum absolute atomic E-state index is 13.1. The molecule has 1 heterocycles. The van der Waals surface area contributed by atoms with E-state index in [1.807, 2.05) is 22.9 Å². The van der Waals surface area contributed by atoms with Crippen molar-refractivity contribution in [2.45, 2.75) is 26.4 Å². The lowest BCUT2D eigenvalue weighted by Gasteiger charge is -2.10. The number of nitrogens with one attached hydrogen (secondary N) is 2. The van der Waals surface area contributed by atoms with Crippen LogP contribution in [0, 0.1) is 5.82 Å². The van der Waals surface area contributed by atoms with Crippen molar-refractivity contribution in [3.05, 3.63) is 54.1 Å². The van der Waals surface area contributed by atoms with E-state index in [0.717, 1.165) is 25.2 Å². The molecule has 0 aliphatic carbocycles. The number of halogens is 1. The van der Waals surface area contributed by atoms with Crippen LogP contribution in [0.5, 0.6) is 0 Å². The number of hydrogen-bond acceptors (Lipinski definition) is 2. The second-order valence-electron chi connectivity index (χ2n) is 4.86. The summed E-state index contributed by atoms with van der Waals surface area (Å²) in [5.41, 5.74) is 1.52. The summed E-state index contributed by atoms with van der Waals surface area (Å²) in [6.07, 6.45) is 2.94. The monoisotopic (exact) mass is 289 g/mol. The van der Waals surface area contributed by atoms with Gasteiger partial charge in [0, 0.05) is 24.1 Å². The maximum Gasteiger partial charge on any atom is 0.244 e. The van der Waals surface area contributed by atoms with Gasteiger partial charge in [0.2, 0.25) is 5.91 Å². The fourth-order valence-electron chi connectivity index (χ4n) is 2.08. The predicted molar refractivity (Wildman–Crippen MR) is 81.5 cm³/mol. The maximum atomic E-state index is 13.1. The van der Waals surface area contributed by atoms with Crippen molar-refractivity contribution in [1.82, 2.24) is 9.88 Å². The van der Waals surface area contributed by atoms with Crippen molar-refractivity contribution < 1.29 is 9.18 Å². The van der Waals surface area contributed by atoms with Gasteiger partial charge in [0.25, 0.3) is 0 Å². The number of carbonyl (C=O) groups excluding carboxylic acids is 1. The van der Waals surface area contributed by atoms with Crippen LogP contribution in [-0.2, 0) is 17.9 Å². The highest BCUT2D eigenvalue weighted by molar-refractivity contribution is 5.90. The summed E-state index contributed by atoms with van der Waals surface area (Å²) in [6.45, 7) is 4.00. The average Bonchev–Trinajstić information content (AvgIpc) is 2.86. The van der Waals surface area contributed by atoms with Gasteiger partial charge < -0.3 is 15.2 Å². The highest BCUT2D eigenvalue weighted by atomic mass is 19.1. The number of amides is 1. The third-order valence-electron chi connectivity index (χ3n) is 3.08. The Hall–Kier alpha value is -2.14. The zero-order valence-electron chi connectivity index (χ0n) is 12.1. The van der Waals surface area contributed by atoms with Crippen molar-refractivity contribution >= 4 is 11.6 Å². The van der Waals surface area contributed by atoms with E-state index in [0.29, 0.717) is 5.69 Å². The minimum Gasteiger partial charge on any atom is -0.341 e. The third-order valence-corrected chi connectivity index (χ3v) is 3.08. The van der Waals surface area contributed by atoms with Crippen molar-refractivity contribution in [1.29, 1.82) is 0 Å². The Kier molecular flexibility index (Phi) is 5.51. The smallest absolute Gasteiger partial charge is 0.244 e. The fraction of sp³-hybridized carbons (Fsp3) is 0.312. The molecule has 0 saturated heterocycles. The van der Waals surface area contributed by atoms with E-state index >= 15 is 0 Å². The molecule has 0 atom stereocenters. The van der Waals surface area contributed by atoms with Crippen LogP contribution in [-0.4, -0.2) is 17.0 Å². The molecule has 1 aromatic heterocycles. The molecule has 0 aliphatic rings. The minimum absolute atomic E-state index is 0.173. The lowest BCUT2D eigenvalue weighted by atomic mass is 10.3. The molecule has 1 aromatic carbocycles. The molecule has 2 rings (SSSR count). The molecule has 0 radical (unpaired) electrons. The molecule has 0 aliphatic heterocycles. The van der Waals surface area contributed by atoms with Crippen LogP contribution >= 0.6 is 0 Å². The zero-order valence-corrected chi connectivity index (χ0v) is 12.1. The predicted octanol–water partition coefficient (Wildman–Crippen LogP) is 2.77. The van der Waals surface area contributed by atoms with E-state index < -0.39 is 0 Å². The van der Waals surface area contributed by atoms with Crippen molar-refractivity contribution in [3.63, 3.8) is 0 Å². The standard InChI is InChI=1S/C16H20FN3O/c1-2-8-18-11-15-7-4-9-20(15)12-16(21)19-14-6-3-5-13(17)10-14/h3-7,9-10,18H,2,8,11-12H2,1H3,(H,19,21). The van der Waals surface area contributed by atoms with E-state index in [9.17, 15) is 9.18 Å². The minimum atomic E-state index is -0.363. The molecule has 2 N–H and O–H groups in total. The van der Waals surface area contributed by atoms with Crippen LogP contribution < -0.4 is 10.6 Å². The van der Waals surface area contributed by atoms with E-state index in [1.54, 1.807) is 12.1 Å². The first-order valence-corrected chi connectivity index (χ1v) is 7.09. The van der Waals surface area contributed by atoms with Crippen molar-refractivity contribution in [3.8, 4) is 0 Å². The zero-order chi connectivity index (χ0) is 15.1. The van der Waals surface area contributed by atoms with Gasteiger partial charge in [-0.25, -0.2) is 4.39 Å². The number of anilines is 1. The van der Waals surface area contributed by atoms with Gasteiger partial charge in [-0.3, -0.25) is 4.79 Å². The lowest BCUT2D eigenvalue weighted by Crippen LogP contribution is -2.22. The molecule has 0 bridgehead atoms. The van der Waals surface area contributed by atoms with Crippen LogP contribution in [0.2, 0.25) is 0 Å². The van der Waals surface area contributed by atoms with Crippen LogP contribution in [0.25, 0.3) is 0 Å². The Bertz CT molecular complexity index is 595. The molecule has 0 unspecified atom stereocenters. The van der Waals surface area contributed by atoms with Crippen molar-refractivity contribution in [2.75, 3.05) is 11.9 Å². The first-order valence-electron chi connectivity index (χ1n) is 7.09. The summed E-state index contributed by atoms with van der Waals surface area (Å²) < 4.78 is 15.0. The Morgan fingerprint density at radius 3 is 2.90 bits per heavy atom. The van der Waals surface area contributed by atoms with Gasteiger partial charge in [0.1, 0.15) is 12.4 Å². The quantitative estimate of drug-likeness (QED) is 0.770.